The number of hydrogen-bond donors (Lipinski definition) is 3. The fourth-order valence-corrected chi connectivity index (χ4v) is 4.30. The number of fused-ring (bicyclic) bond motifs is 3. The van der Waals surface area contributed by atoms with Crippen molar-refractivity contribution in [3.05, 3.63) is 77.4 Å². The number of carbonyl (C=O) groups is 2. The molecule has 0 fully saturated rings. The van der Waals surface area contributed by atoms with Crippen LogP contribution in [-0.2, 0) is 16.0 Å². The highest BCUT2D eigenvalue weighted by Gasteiger charge is 2.30. The summed E-state index contributed by atoms with van der Waals surface area (Å²) in [6, 6.07) is 17.4. The molecule has 0 bridgehead atoms. The zero-order valence-electron chi connectivity index (χ0n) is 18.8. The van der Waals surface area contributed by atoms with E-state index in [2.05, 4.69) is 5.32 Å². The molecule has 3 aromatic carbocycles. The van der Waals surface area contributed by atoms with Gasteiger partial charge in [0.05, 0.1) is 14.2 Å². The fourth-order valence-electron chi connectivity index (χ4n) is 4.30. The SMILES string of the molecule is COc1cc(O)c(CC(NC(=O)OCC2c3ccccc3-c3ccccc32)C(=O)O)c(OC)c1. The third kappa shape index (κ3) is 4.47. The highest BCUT2D eigenvalue weighted by Crippen LogP contribution is 2.44. The van der Waals surface area contributed by atoms with Crippen molar-refractivity contribution in [2.24, 2.45) is 0 Å². The maximum absolute atomic E-state index is 12.6. The monoisotopic (exact) mass is 463 g/mol. The van der Waals surface area contributed by atoms with Crippen molar-refractivity contribution in [3.8, 4) is 28.4 Å². The smallest absolute Gasteiger partial charge is 0.407 e. The molecule has 0 spiro atoms. The van der Waals surface area contributed by atoms with Gasteiger partial charge in [-0.05, 0) is 22.3 Å². The minimum Gasteiger partial charge on any atom is -0.507 e. The Kier molecular flexibility index (Phi) is 6.58. The normalized spacial score (nSPS) is 12.9. The first-order valence-electron chi connectivity index (χ1n) is 10.7. The molecule has 0 heterocycles. The van der Waals surface area contributed by atoms with Gasteiger partial charge in [0.15, 0.2) is 0 Å². The summed E-state index contributed by atoms with van der Waals surface area (Å²) >= 11 is 0. The van der Waals surface area contributed by atoms with Crippen LogP contribution in [0, 0.1) is 0 Å². The van der Waals surface area contributed by atoms with Gasteiger partial charge in [-0.3, -0.25) is 0 Å². The van der Waals surface area contributed by atoms with E-state index in [-0.39, 0.29) is 36.0 Å². The van der Waals surface area contributed by atoms with E-state index < -0.39 is 18.1 Å². The predicted octanol–water partition coefficient (Wildman–Crippen LogP) is 3.94. The average Bonchev–Trinajstić information content (AvgIpc) is 3.16. The molecule has 1 aliphatic rings. The van der Waals surface area contributed by atoms with E-state index in [0.29, 0.717) is 5.75 Å². The second-order valence-corrected chi connectivity index (χ2v) is 7.89. The predicted molar refractivity (Wildman–Crippen MR) is 125 cm³/mol. The molecule has 0 saturated carbocycles. The number of carbonyl (C=O) groups excluding carboxylic acids is 1. The summed E-state index contributed by atoms with van der Waals surface area (Å²) in [5.74, 6) is -1.01. The van der Waals surface area contributed by atoms with Crippen molar-refractivity contribution in [2.45, 2.75) is 18.4 Å². The molecule has 8 heteroatoms. The summed E-state index contributed by atoms with van der Waals surface area (Å²) < 4.78 is 15.8. The Hall–Kier alpha value is -4.20. The zero-order valence-corrected chi connectivity index (χ0v) is 18.8. The molecule has 176 valence electrons. The van der Waals surface area contributed by atoms with E-state index in [1.165, 1.54) is 26.4 Å². The molecule has 0 radical (unpaired) electrons. The number of benzene rings is 3. The number of methoxy groups -OCH3 is 2. The van der Waals surface area contributed by atoms with E-state index in [4.69, 9.17) is 14.2 Å². The first kappa shape index (κ1) is 23.0. The Morgan fingerprint density at radius 1 is 0.971 bits per heavy atom. The summed E-state index contributed by atoms with van der Waals surface area (Å²) in [7, 11) is 2.83. The van der Waals surface area contributed by atoms with Gasteiger partial charge in [-0.1, -0.05) is 48.5 Å². The van der Waals surface area contributed by atoms with Crippen LogP contribution in [-0.4, -0.2) is 49.1 Å². The number of phenolic OH excluding ortho intramolecular Hbond substituents is 1. The quantitative estimate of drug-likeness (QED) is 0.464. The molecule has 4 rings (SSSR count). The molecule has 0 saturated heterocycles. The second-order valence-electron chi connectivity index (χ2n) is 7.89. The Morgan fingerprint density at radius 2 is 1.59 bits per heavy atom. The third-order valence-electron chi connectivity index (χ3n) is 5.96. The summed E-state index contributed by atoms with van der Waals surface area (Å²) in [5.41, 5.74) is 4.53. The van der Waals surface area contributed by atoms with Crippen molar-refractivity contribution in [1.82, 2.24) is 5.32 Å². The fraction of sp³-hybridized carbons (Fsp3) is 0.231. The van der Waals surface area contributed by atoms with Crippen LogP contribution >= 0.6 is 0 Å². The molecule has 1 unspecified atom stereocenters. The molecule has 34 heavy (non-hydrogen) atoms. The average molecular weight is 463 g/mol. The lowest BCUT2D eigenvalue weighted by atomic mass is 9.98. The molecular weight excluding hydrogens is 438 g/mol. The summed E-state index contributed by atoms with van der Waals surface area (Å²) in [6.45, 7) is 0.0588. The van der Waals surface area contributed by atoms with E-state index in [1.807, 2.05) is 48.5 Å². The number of carboxylic acid groups (broad SMARTS) is 1. The van der Waals surface area contributed by atoms with Crippen molar-refractivity contribution in [1.29, 1.82) is 0 Å². The van der Waals surface area contributed by atoms with E-state index >= 15 is 0 Å². The number of amides is 1. The molecule has 8 nitrogen and oxygen atoms in total. The highest BCUT2D eigenvalue weighted by atomic mass is 16.5. The lowest BCUT2D eigenvalue weighted by molar-refractivity contribution is -0.139. The largest absolute Gasteiger partial charge is 0.507 e. The van der Waals surface area contributed by atoms with Crippen LogP contribution in [0.25, 0.3) is 11.1 Å². The number of aromatic hydroxyl groups is 1. The van der Waals surface area contributed by atoms with Gasteiger partial charge in [-0.2, -0.15) is 0 Å². The van der Waals surface area contributed by atoms with Gasteiger partial charge in [0.25, 0.3) is 0 Å². The zero-order chi connectivity index (χ0) is 24.2. The van der Waals surface area contributed by atoms with Crippen molar-refractivity contribution >= 4 is 12.1 Å². The Balaban J connectivity index is 1.47. The molecule has 1 atom stereocenters. The van der Waals surface area contributed by atoms with Gasteiger partial charge in [0, 0.05) is 30.0 Å². The number of carboxylic acids is 1. The first-order chi connectivity index (χ1) is 16.4. The standard InChI is InChI=1S/C26H25NO7/c1-32-15-11-23(28)20(24(12-15)33-2)13-22(25(29)30)27-26(31)34-14-21-18-9-5-3-7-16(18)17-8-4-6-10-19(17)21/h3-12,21-22,28H,13-14H2,1-2H3,(H,27,31)(H,29,30). The summed E-state index contributed by atoms with van der Waals surface area (Å²) in [4.78, 5) is 24.4. The molecule has 1 aliphatic carbocycles. The van der Waals surface area contributed by atoms with Gasteiger partial charge < -0.3 is 29.7 Å². The van der Waals surface area contributed by atoms with Crippen molar-refractivity contribution in [3.63, 3.8) is 0 Å². The van der Waals surface area contributed by atoms with Gasteiger partial charge in [0.1, 0.15) is 29.9 Å². The molecule has 3 N–H and O–H groups in total. The number of aliphatic carboxylic acids is 1. The second kappa shape index (κ2) is 9.74. The van der Waals surface area contributed by atoms with Crippen LogP contribution in [0.15, 0.2) is 60.7 Å². The van der Waals surface area contributed by atoms with Crippen LogP contribution in [0.1, 0.15) is 22.6 Å². The highest BCUT2D eigenvalue weighted by molar-refractivity contribution is 5.81. The van der Waals surface area contributed by atoms with Gasteiger partial charge >= 0.3 is 12.1 Å². The van der Waals surface area contributed by atoms with E-state index in [0.717, 1.165) is 22.3 Å². The summed E-state index contributed by atoms with van der Waals surface area (Å²) in [5, 5.41) is 22.4. The van der Waals surface area contributed by atoms with Gasteiger partial charge in [-0.15, -0.1) is 0 Å². The third-order valence-corrected chi connectivity index (χ3v) is 5.96. The number of hydrogen-bond acceptors (Lipinski definition) is 6. The van der Waals surface area contributed by atoms with E-state index in [1.54, 1.807) is 0 Å². The van der Waals surface area contributed by atoms with Crippen LogP contribution < -0.4 is 14.8 Å². The minimum atomic E-state index is -1.34. The van der Waals surface area contributed by atoms with Crippen LogP contribution in [0.3, 0.4) is 0 Å². The lowest BCUT2D eigenvalue weighted by Gasteiger charge is -2.19. The molecule has 1 amide bonds. The Bertz CT molecular complexity index is 1180. The van der Waals surface area contributed by atoms with Crippen molar-refractivity contribution in [2.75, 3.05) is 20.8 Å². The molecule has 3 aromatic rings. The molecular formula is C26H25NO7. The number of phenols is 1. The maximum Gasteiger partial charge on any atom is 0.407 e. The maximum atomic E-state index is 12.6. The number of alkyl carbamates (subject to hydrolysis) is 1. The van der Waals surface area contributed by atoms with Crippen LogP contribution in [0.2, 0.25) is 0 Å². The lowest BCUT2D eigenvalue weighted by Crippen LogP contribution is -2.43. The number of ether oxygens (including phenoxy) is 3. The number of rotatable bonds is 8. The molecule has 0 aliphatic heterocycles. The van der Waals surface area contributed by atoms with Crippen molar-refractivity contribution < 1.29 is 34.0 Å². The minimum absolute atomic E-state index is 0.0588. The Labute approximate surface area is 196 Å². The Morgan fingerprint density at radius 3 is 2.15 bits per heavy atom. The topological polar surface area (TPSA) is 114 Å². The van der Waals surface area contributed by atoms with Crippen LogP contribution in [0.5, 0.6) is 17.2 Å². The van der Waals surface area contributed by atoms with Gasteiger partial charge in [-0.25, -0.2) is 9.59 Å². The summed E-state index contributed by atoms with van der Waals surface area (Å²) in [6.07, 6.45) is -1.07. The van der Waals surface area contributed by atoms with Gasteiger partial charge in [0.2, 0.25) is 0 Å². The van der Waals surface area contributed by atoms with E-state index in [9.17, 15) is 19.8 Å². The first-order valence-corrected chi connectivity index (χ1v) is 10.7. The van der Waals surface area contributed by atoms with Crippen LogP contribution in [0.4, 0.5) is 4.79 Å². The molecule has 0 aromatic heterocycles. The number of nitrogens with one attached hydrogen (secondary N) is 1.